The summed E-state index contributed by atoms with van der Waals surface area (Å²) >= 11 is 0. The Balaban J connectivity index is 1.98. The average molecular weight is 393 g/mol. The molecule has 0 aromatic heterocycles. The maximum absolute atomic E-state index is 13.2. The second-order valence-electron chi connectivity index (χ2n) is 7.21. The molecule has 2 N–H and O–H groups in total. The van der Waals surface area contributed by atoms with E-state index in [1.54, 1.807) is 29.2 Å². The van der Waals surface area contributed by atoms with Crippen LogP contribution in [0.1, 0.15) is 30.6 Å². The number of ketones is 1. The number of primary amides is 1. The zero-order chi connectivity index (χ0) is 21.1. The Morgan fingerprint density at radius 1 is 1.07 bits per heavy atom. The smallest absolute Gasteiger partial charge is 0.247 e. The minimum Gasteiger partial charge on any atom is -0.369 e. The third-order valence-electron chi connectivity index (χ3n) is 4.91. The van der Waals surface area contributed by atoms with Crippen LogP contribution in [0, 0.1) is 5.92 Å². The van der Waals surface area contributed by atoms with E-state index >= 15 is 0 Å². The van der Waals surface area contributed by atoms with Gasteiger partial charge >= 0.3 is 0 Å². The standard InChI is InChI=1S/C22H23N3O4/c1-14(2)25(15-8-4-3-5-9-15)20(27)13-24-18-11-7-6-10-16(18)21(28)17(22(23)29)12-19(24)26/h3-11,14,17H,12-13H2,1-2H3,(H2,23,29). The van der Waals surface area contributed by atoms with Gasteiger partial charge in [0, 0.05) is 23.7 Å². The first-order chi connectivity index (χ1) is 13.8. The molecule has 0 fully saturated rings. The summed E-state index contributed by atoms with van der Waals surface area (Å²) in [6.45, 7) is 3.52. The highest BCUT2D eigenvalue weighted by atomic mass is 16.2. The topological polar surface area (TPSA) is 101 Å². The van der Waals surface area contributed by atoms with Crippen molar-refractivity contribution in [2.24, 2.45) is 11.7 Å². The van der Waals surface area contributed by atoms with Crippen molar-refractivity contribution in [1.29, 1.82) is 0 Å². The van der Waals surface area contributed by atoms with Gasteiger partial charge in [-0.1, -0.05) is 30.3 Å². The molecule has 3 amide bonds. The van der Waals surface area contributed by atoms with Gasteiger partial charge in [-0.05, 0) is 38.1 Å². The lowest BCUT2D eigenvalue weighted by molar-refractivity contribution is -0.126. The molecule has 1 unspecified atom stereocenters. The van der Waals surface area contributed by atoms with Crippen molar-refractivity contribution in [3.05, 3.63) is 60.2 Å². The second-order valence-corrected chi connectivity index (χ2v) is 7.21. The van der Waals surface area contributed by atoms with E-state index in [2.05, 4.69) is 0 Å². The van der Waals surface area contributed by atoms with Crippen molar-refractivity contribution in [2.75, 3.05) is 16.3 Å². The summed E-state index contributed by atoms with van der Waals surface area (Å²) in [7, 11) is 0. The van der Waals surface area contributed by atoms with E-state index in [0.29, 0.717) is 11.4 Å². The van der Waals surface area contributed by atoms with Crippen LogP contribution in [0.25, 0.3) is 0 Å². The third-order valence-corrected chi connectivity index (χ3v) is 4.91. The van der Waals surface area contributed by atoms with Gasteiger partial charge in [0.2, 0.25) is 17.7 Å². The highest BCUT2D eigenvalue weighted by molar-refractivity contribution is 6.19. The van der Waals surface area contributed by atoms with Gasteiger partial charge in [0.05, 0.1) is 5.69 Å². The van der Waals surface area contributed by atoms with Crippen molar-refractivity contribution >= 4 is 34.9 Å². The molecule has 1 atom stereocenters. The number of amides is 3. The molecule has 0 bridgehead atoms. The molecular formula is C22H23N3O4. The van der Waals surface area contributed by atoms with Crippen molar-refractivity contribution in [1.82, 2.24) is 0 Å². The van der Waals surface area contributed by atoms with E-state index in [0.717, 1.165) is 0 Å². The van der Waals surface area contributed by atoms with Crippen LogP contribution in [0.15, 0.2) is 54.6 Å². The van der Waals surface area contributed by atoms with Gasteiger partial charge in [-0.25, -0.2) is 0 Å². The van der Waals surface area contributed by atoms with Gasteiger partial charge in [0.25, 0.3) is 0 Å². The lowest BCUT2D eigenvalue weighted by Crippen LogP contribution is -2.46. The number of nitrogens with zero attached hydrogens (tertiary/aromatic N) is 2. The number of hydrogen-bond acceptors (Lipinski definition) is 4. The number of hydrogen-bond donors (Lipinski definition) is 1. The quantitative estimate of drug-likeness (QED) is 0.787. The maximum Gasteiger partial charge on any atom is 0.247 e. The van der Waals surface area contributed by atoms with Crippen molar-refractivity contribution in [3.63, 3.8) is 0 Å². The van der Waals surface area contributed by atoms with Crippen LogP contribution in [0.4, 0.5) is 11.4 Å². The summed E-state index contributed by atoms with van der Waals surface area (Å²) in [5.74, 6) is -3.37. The van der Waals surface area contributed by atoms with E-state index in [4.69, 9.17) is 5.73 Å². The van der Waals surface area contributed by atoms with E-state index in [9.17, 15) is 19.2 Å². The molecule has 150 valence electrons. The summed E-state index contributed by atoms with van der Waals surface area (Å²) in [5.41, 5.74) is 6.60. The Morgan fingerprint density at radius 2 is 1.69 bits per heavy atom. The van der Waals surface area contributed by atoms with Crippen molar-refractivity contribution in [2.45, 2.75) is 26.3 Å². The Morgan fingerprint density at radius 3 is 2.31 bits per heavy atom. The molecule has 3 rings (SSSR count). The van der Waals surface area contributed by atoms with E-state index in [-0.39, 0.29) is 30.5 Å². The number of rotatable bonds is 5. The molecular weight excluding hydrogens is 370 g/mol. The van der Waals surface area contributed by atoms with Gasteiger partial charge < -0.3 is 15.5 Å². The first-order valence-corrected chi connectivity index (χ1v) is 9.41. The van der Waals surface area contributed by atoms with Gasteiger partial charge in [0.1, 0.15) is 12.5 Å². The molecule has 1 heterocycles. The van der Waals surface area contributed by atoms with E-state index in [1.165, 1.54) is 4.90 Å². The summed E-state index contributed by atoms with van der Waals surface area (Å²) in [4.78, 5) is 53.4. The molecule has 0 aliphatic carbocycles. The van der Waals surface area contributed by atoms with Gasteiger partial charge in [0.15, 0.2) is 5.78 Å². The van der Waals surface area contributed by atoms with Crippen LogP contribution >= 0.6 is 0 Å². The molecule has 2 aromatic carbocycles. The summed E-state index contributed by atoms with van der Waals surface area (Å²) < 4.78 is 0. The summed E-state index contributed by atoms with van der Waals surface area (Å²) in [6.07, 6.45) is -0.358. The van der Waals surface area contributed by atoms with Crippen LogP contribution in [0.5, 0.6) is 0 Å². The lowest BCUT2D eigenvalue weighted by atomic mass is 9.94. The molecule has 0 saturated heterocycles. The minimum atomic E-state index is -1.24. The Kier molecular flexibility index (Phi) is 5.77. The highest BCUT2D eigenvalue weighted by Gasteiger charge is 2.37. The summed E-state index contributed by atoms with van der Waals surface area (Å²) in [5, 5.41) is 0. The number of carbonyl (C=O) groups excluding carboxylic acids is 4. The SMILES string of the molecule is CC(C)N(C(=O)CN1C(=O)CC(C(N)=O)C(=O)c2ccccc21)c1ccccc1. The Bertz CT molecular complexity index is 956. The lowest BCUT2D eigenvalue weighted by Gasteiger charge is -2.30. The second kappa shape index (κ2) is 8.26. The fraction of sp³-hybridized carbons (Fsp3) is 0.273. The van der Waals surface area contributed by atoms with E-state index < -0.39 is 23.5 Å². The summed E-state index contributed by atoms with van der Waals surface area (Å²) in [6, 6.07) is 15.5. The number of anilines is 2. The van der Waals surface area contributed by atoms with E-state index in [1.807, 2.05) is 44.2 Å². The Labute approximate surface area is 169 Å². The third kappa shape index (κ3) is 4.03. The molecule has 0 spiro atoms. The van der Waals surface area contributed by atoms with Gasteiger partial charge in [-0.2, -0.15) is 0 Å². The predicted octanol–water partition coefficient (Wildman–Crippen LogP) is 2.15. The maximum atomic E-state index is 13.2. The molecule has 1 aliphatic heterocycles. The fourth-order valence-corrected chi connectivity index (χ4v) is 3.55. The van der Waals surface area contributed by atoms with Crippen molar-refractivity contribution in [3.8, 4) is 0 Å². The largest absolute Gasteiger partial charge is 0.369 e. The van der Waals surface area contributed by atoms with Crippen LogP contribution < -0.4 is 15.5 Å². The number of fused-ring (bicyclic) bond motifs is 1. The number of Topliss-reactive ketones (excluding diaryl/α,β-unsaturated/α-hetero) is 1. The number of carbonyl (C=O) groups is 4. The normalized spacial score (nSPS) is 16.4. The average Bonchev–Trinajstić information content (AvgIpc) is 2.79. The Hall–Kier alpha value is -3.48. The van der Waals surface area contributed by atoms with Crippen molar-refractivity contribution < 1.29 is 19.2 Å². The number of nitrogens with two attached hydrogens (primary N) is 1. The van der Waals surface area contributed by atoms with Gasteiger partial charge in [-0.15, -0.1) is 0 Å². The molecule has 7 nitrogen and oxygen atoms in total. The van der Waals surface area contributed by atoms with Crippen LogP contribution in [0.3, 0.4) is 0 Å². The van der Waals surface area contributed by atoms with Crippen LogP contribution in [-0.4, -0.2) is 36.1 Å². The zero-order valence-electron chi connectivity index (χ0n) is 16.4. The van der Waals surface area contributed by atoms with Crippen LogP contribution in [-0.2, 0) is 14.4 Å². The first-order valence-electron chi connectivity index (χ1n) is 9.41. The molecule has 1 aliphatic rings. The predicted molar refractivity (Wildman–Crippen MR) is 109 cm³/mol. The van der Waals surface area contributed by atoms with Crippen LogP contribution in [0.2, 0.25) is 0 Å². The number of benzene rings is 2. The van der Waals surface area contributed by atoms with Gasteiger partial charge in [-0.3, -0.25) is 19.2 Å². The minimum absolute atomic E-state index is 0.137. The highest BCUT2D eigenvalue weighted by Crippen LogP contribution is 2.30. The molecule has 0 radical (unpaired) electrons. The molecule has 2 aromatic rings. The molecule has 29 heavy (non-hydrogen) atoms. The monoisotopic (exact) mass is 393 g/mol. The molecule has 0 saturated carbocycles. The number of para-hydroxylation sites is 2. The molecule has 7 heteroatoms. The first kappa shape index (κ1) is 20.3. The fourth-order valence-electron chi connectivity index (χ4n) is 3.55. The zero-order valence-corrected chi connectivity index (χ0v) is 16.4.